The fraction of sp³-hybridized carbons (Fsp3) is 0.538. The molecular formula is C13H20ClNO. The Kier molecular flexibility index (Phi) is 5.10. The fourth-order valence-corrected chi connectivity index (χ4v) is 1.95. The number of rotatable bonds is 5. The summed E-state index contributed by atoms with van der Waals surface area (Å²) in [5, 5.41) is 4.08. The molecule has 0 saturated carbocycles. The summed E-state index contributed by atoms with van der Waals surface area (Å²) >= 11 is 5.96. The average Bonchev–Trinajstić information content (AvgIpc) is 2.14. The fourth-order valence-electron chi connectivity index (χ4n) is 1.63. The summed E-state index contributed by atoms with van der Waals surface area (Å²) in [5.41, 5.74) is 2.18. The summed E-state index contributed by atoms with van der Waals surface area (Å²) in [5.74, 6) is 0.954. The van der Waals surface area contributed by atoms with E-state index in [9.17, 15) is 0 Å². The van der Waals surface area contributed by atoms with Crippen LogP contribution in [0.4, 0.5) is 0 Å². The van der Waals surface area contributed by atoms with E-state index in [4.69, 9.17) is 16.3 Å². The van der Waals surface area contributed by atoms with E-state index in [1.807, 2.05) is 26.0 Å². The molecule has 0 amide bonds. The molecule has 0 bridgehead atoms. The van der Waals surface area contributed by atoms with Crippen molar-refractivity contribution in [2.75, 3.05) is 13.2 Å². The van der Waals surface area contributed by atoms with Crippen LogP contribution in [0, 0.1) is 13.8 Å². The Morgan fingerprint density at radius 1 is 1.25 bits per heavy atom. The first kappa shape index (κ1) is 13.3. The molecule has 90 valence electrons. The summed E-state index contributed by atoms with van der Waals surface area (Å²) in [6.07, 6.45) is 0. The molecule has 0 heterocycles. The van der Waals surface area contributed by atoms with Crippen LogP contribution in [-0.2, 0) is 0 Å². The van der Waals surface area contributed by atoms with Crippen LogP contribution in [0.2, 0.25) is 5.02 Å². The summed E-state index contributed by atoms with van der Waals surface area (Å²) in [4.78, 5) is 0. The van der Waals surface area contributed by atoms with Crippen LogP contribution < -0.4 is 10.1 Å². The Balaban J connectivity index is 2.54. The molecule has 3 heteroatoms. The summed E-state index contributed by atoms with van der Waals surface area (Å²) < 4.78 is 5.75. The van der Waals surface area contributed by atoms with Crippen molar-refractivity contribution in [2.24, 2.45) is 0 Å². The van der Waals surface area contributed by atoms with Crippen molar-refractivity contribution in [1.29, 1.82) is 0 Å². The van der Waals surface area contributed by atoms with Gasteiger partial charge in [0, 0.05) is 17.6 Å². The first-order valence-electron chi connectivity index (χ1n) is 5.63. The molecule has 0 fully saturated rings. The van der Waals surface area contributed by atoms with Crippen LogP contribution in [-0.4, -0.2) is 19.2 Å². The maximum absolute atomic E-state index is 5.96. The van der Waals surface area contributed by atoms with Crippen molar-refractivity contribution in [2.45, 2.75) is 33.7 Å². The lowest BCUT2D eigenvalue weighted by atomic mass is 10.1. The molecule has 0 radical (unpaired) electrons. The van der Waals surface area contributed by atoms with Gasteiger partial charge in [-0.25, -0.2) is 0 Å². The molecule has 16 heavy (non-hydrogen) atoms. The zero-order valence-corrected chi connectivity index (χ0v) is 11.2. The summed E-state index contributed by atoms with van der Waals surface area (Å²) in [6, 6.07) is 4.36. The highest BCUT2D eigenvalue weighted by Gasteiger charge is 2.05. The van der Waals surface area contributed by atoms with Gasteiger partial charge in [0.15, 0.2) is 0 Å². The topological polar surface area (TPSA) is 21.3 Å². The first-order chi connectivity index (χ1) is 7.50. The Bertz CT molecular complexity index is 327. The quantitative estimate of drug-likeness (QED) is 0.799. The SMILES string of the molecule is Cc1cc(Cl)cc(C)c1OCCNC(C)C. The molecule has 0 unspecified atom stereocenters. The largest absolute Gasteiger partial charge is 0.492 e. The zero-order chi connectivity index (χ0) is 12.1. The van der Waals surface area contributed by atoms with Crippen LogP contribution in [0.1, 0.15) is 25.0 Å². The monoisotopic (exact) mass is 241 g/mol. The lowest BCUT2D eigenvalue weighted by Gasteiger charge is -2.14. The molecule has 0 atom stereocenters. The third-order valence-corrected chi connectivity index (χ3v) is 2.54. The van der Waals surface area contributed by atoms with E-state index >= 15 is 0 Å². The predicted molar refractivity (Wildman–Crippen MR) is 69.6 cm³/mol. The second-order valence-electron chi connectivity index (χ2n) is 4.33. The van der Waals surface area contributed by atoms with Crippen molar-refractivity contribution in [1.82, 2.24) is 5.32 Å². The van der Waals surface area contributed by atoms with Crippen LogP contribution in [0.25, 0.3) is 0 Å². The van der Waals surface area contributed by atoms with Gasteiger partial charge in [0.05, 0.1) is 0 Å². The van der Waals surface area contributed by atoms with Crippen molar-refractivity contribution < 1.29 is 4.74 Å². The minimum Gasteiger partial charge on any atom is -0.492 e. The summed E-state index contributed by atoms with van der Waals surface area (Å²) in [6.45, 7) is 9.83. The van der Waals surface area contributed by atoms with Crippen molar-refractivity contribution in [3.05, 3.63) is 28.3 Å². The highest BCUT2D eigenvalue weighted by atomic mass is 35.5. The minimum absolute atomic E-state index is 0.496. The molecule has 0 aliphatic heterocycles. The van der Waals surface area contributed by atoms with E-state index in [0.29, 0.717) is 12.6 Å². The summed E-state index contributed by atoms with van der Waals surface area (Å²) in [7, 11) is 0. The minimum atomic E-state index is 0.496. The molecule has 1 aromatic carbocycles. The molecule has 0 aliphatic rings. The number of nitrogens with one attached hydrogen (secondary N) is 1. The number of hydrogen-bond donors (Lipinski definition) is 1. The van der Waals surface area contributed by atoms with Gasteiger partial charge in [-0.05, 0) is 37.1 Å². The number of hydrogen-bond acceptors (Lipinski definition) is 2. The molecule has 0 aromatic heterocycles. The second-order valence-corrected chi connectivity index (χ2v) is 4.76. The number of ether oxygens (including phenoxy) is 1. The maximum atomic E-state index is 5.96. The Morgan fingerprint density at radius 2 is 1.81 bits per heavy atom. The highest BCUT2D eigenvalue weighted by Crippen LogP contribution is 2.26. The Labute approximate surface area is 103 Å². The van der Waals surface area contributed by atoms with Gasteiger partial charge < -0.3 is 10.1 Å². The lowest BCUT2D eigenvalue weighted by molar-refractivity contribution is 0.305. The van der Waals surface area contributed by atoms with Gasteiger partial charge in [-0.1, -0.05) is 25.4 Å². The molecule has 0 aliphatic carbocycles. The smallest absolute Gasteiger partial charge is 0.125 e. The van der Waals surface area contributed by atoms with Crippen molar-refractivity contribution >= 4 is 11.6 Å². The molecule has 0 spiro atoms. The Hall–Kier alpha value is -0.730. The maximum Gasteiger partial charge on any atom is 0.125 e. The number of benzene rings is 1. The Morgan fingerprint density at radius 3 is 2.31 bits per heavy atom. The van der Waals surface area contributed by atoms with Gasteiger partial charge in [0.25, 0.3) is 0 Å². The predicted octanol–water partition coefficient (Wildman–Crippen LogP) is 3.33. The average molecular weight is 242 g/mol. The number of aryl methyl sites for hydroxylation is 2. The van der Waals surface area contributed by atoms with Crippen molar-refractivity contribution in [3.8, 4) is 5.75 Å². The third-order valence-electron chi connectivity index (χ3n) is 2.33. The van der Waals surface area contributed by atoms with Gasteiger partial charge in [-0.15, -0.1) is 0 Å². The molecule has 1 aromatic rings. The number of halogens is 1. The molecule has 1 rings (SSSR count). The van der Waals surface area contributed by atoms with Gasteiger partial charge >= 0.3 is 0 Å². The van der Waals surface area contributed by atoms with Crippen LogP contribution in [0.5, 0.6) is 5.75 Å². The van der Waals surface area contributed by atoms with E-state index < -0.39 is 0 Å². The molecule has 0 saturated heterocycles. The normalized spacial score (nSPS) is 10.9. The van der Waals surface area contributed by atoms with Crippen LogP contribution in [0.3, 0.4) is 0 Å². The van der Waals surface area contributed by atoms with E-state index in [1.165, 1.54) is 0 Å². The van der Waals surface area contributed by atoms with E-state index in [2.05, 4.69) is 19.2 Å². The van der Waals surface area contributed by atoms with Gasteiger partial charge in [0.1, 0.15) is 12.4 Å². The molecule has 1 N–H and O–H groups in total. The molecular weight excluding hydrogens is 222 g/mol. The lowest BCUT2D eigenvalue weighted by Crippen LogP contribution is -2.27. The van der Waals surface area contributed by atoms with E-state index in [0.717, 1.165) is 28.4 Å². The van der Waals surface area contributed by atoms with Gasteiger partial charge in [-0.2, -0.15) is 0 Å². The standard InChI is InChI=1S/C13H20ClNO/c1-9(2)15-5-6-16-13-10(3)7-12(14)8-11(13)4/h7-9,15H,5-6H2,1-4H3. The van der Waals surface area contributed by atoms with Gasteiger partial charge in [0.2, 0.25) is 0 Å². The van der Waals surface area contributed by atoms with E-state index in [-0.39, 0.29) is 0 Å². The third kappa shape index (κ3) is 4.03. The highest BCUT2D eigenvalue weighted by molar-refractivity contribution is 6.30. The van der Waals surface area contributed by atoms with E-state index in [1.54, 1.807) is 0 Å². The van der Waals surface area contributed by atoms with Crippen LogP contribution >= 0.6 is 11.6 Å². The molecule has 2 nitrogen and oxygen atoms in total. The first-order valence-corrected chi connectivity index (χ1v) is 6.01. The zero-order valence-electron chi connectivity index (χ0n) is 10.4. The van der Waals surface area contributed by atoms with Crippen molar-refractivity contribution in [3.63, 3.8) is 0 Å². The van der Waals surface area contributed by atoms with Crippen LogP contribution in [0.15, 0.2) is 12.1 Å². The second kappa shape index (κ2) is 6.12. The van der Waals surface area contributed by atoms with Gasteiger partial charge in [-0.3, -0.25) is 0 Å².